The quantitative estimate of drug-likeness (QED) is 0.529. The summed E-state index contributed by atoms with van der Waals surface area (Å²) < 4.78 is 1.47. The summed E-state index contributed by atoms with van der Waals surface area (Å²) in [5.41, 5.74) is 0. The molecule has 0 amide bonds. The predicted molar refractivity (Wildman–Crippen MR) is 46.8 cm³/mol. The van der Waals surface area contributed by atoms with E-state index in [-0.39, 0.29) is 5.82 Å². The van der Waals surface area contributed by atoms with Crippen LogP contribution in [0.1, 0.15) is 5.82 Å². The molecule has 0 aliphatic rings. The van der Waals surface area contributed by atoms with Crippen molar-refractivity contribution in [2.45, 2.75) is 6.92 Å². The topological polar surface area (TPSA) is 61.0 Å². The van der Waals surface area contributed by atoms with E-state index in [0.717, 1.165) is 0 Å². The van der Waals surface area contributed by atoms with Gasteiger partial charge in [-0.05, 0) is 11.8 Å². The van der Waals surface area contributed by atoms with Crippen LogP contribution >= 0.6 is 11.9 Å². The first-order valence-electron chi connectivity index (χ1n) is 3.28. The molecule has 1 heterocycles. The van der Waals surface area contributed by atoms with Crippen molar-refractivity contribution in [1.29, 1.82) is 0 Å². The molecule has 5 nitrogen and oxygen atoms in total. The summed E-state index contributed by atoms with van der Waals surface area (Å²) in [6, 6.07) is 0. The number of nitrogens with zero attached hydrogens (tertiary/aromatic N) is 3. The van der Waals surface area contributed by atoms with E-state index in [2.05, 4.69) is 11.9 Å². The largest absolute Gasteiger partial charge is 0.358 e. The maximum Gasteiger partial charge on any atom is 0.354 e. The third-order valence-corrected chi connectivity index (χ3v) is 2.17. The van der Waals surface area contributed by atoms with Gasteiger partial charge in [-0.2, -0.15) is 0 Å². The zero-order chi connectivity index (χ0) is 9.14. The Kier molecular flexibility index (Phi) is 2.69. The number of rotatable bonds is 3. The zero-order valence-corrected chi connectivity index (χ0v) is 7.37. The average Bonchev–Trinajstić information content (AvgIpc) is 2.34. The lowest BCUT2D eigenvalue weighted by molar-refractivity contribution is -0.390. The van der Waals surface area contributed by atoms with Crippen LogP contribution in [0.2, 0.25) is 0 Å². The smallest absolute Gasteiger partial charge is 0.354 e. The van der Waals surface area contributed by atoms with Gasteiger partial charge in [0.15, 0.2) is 0 Å². The molecule has 1 aromatic rings. The molecule has 0 N–H and O–H groups in total. The van der Waals surface area contributed by atoms with E-state index >= 15 is 0 Å². The van der Waals surface area contributed by atoms with Gasteiger partial charge in [-0.3, -0.25) is 0 Å². The molecule has 1 aromatic heterocycles. The molecule has 0 fully saturated rings. The summed E-state index contributed by atoms with van der Waals surface area (Å²) in [5.74, 6) is 1.16. The van der Waals surface area contributed by atoms with Gasteiger partial charge in [0.05, 0.1) is 11.9 Å². The Labute approximate surface area is 74.1 Å². The Morgan fingerprint density at radius 1 is 1.92 bits per heavy atom. The molecular weight excluding hydrogens is 178 g/mol. The molecule has 0 spiro atoms. The molecule has 0 aliphatic carbocycles. The number of hydrogen-bond acceptors (Lipinski definition) is 4. The fourth-order valence-corrected chi connectivity index (χ4v) is 1.46. The molecule has 0 saturated carbocycles. The third kappa shape index (κ3) is 1.58. The first-order valence-corrected chi connectivity index (χ1v) is 4.22. The van der Waals surface area contributed by atoms with Crippen molar-refractivity contribution in [1.82, 2.24) is 8.96 Å². The van der Waals surface area contributed by atoms with Crippen LogP contribution in [0, 0.1) is 24.0 Å². The van der Waals surface area contributed by atoms with Crippen LogP contribution in [0.25, 0.3) is 0 Å². The molecular formula is C6H8N3O2S. The highest BCUT2D eigenvalue weighted by Crippen LogP contribution is 2.20. The second-order valence-corrected chi connectivity index (χ2v) is 3.08. The maximum absolute atomic E-state index is 10.4. The van der Waals surface area contributed by atoms with Crippen molar-refractivity contribution in [2.75, 3.05) is 5.75 Å². The molecule has 12 heavy (non-hydrogen) atoms. The first-order chi connectivity index (χ1) is 5.66. The number of aromatic nitrogens is 2. The highest BCUT2D eigenvalue weighted by molar-refractivity contribution is 7.98. The number of hydrogen-bond donors (Lipinski definition) is 0. The fourth-order valence-electron chi connectivity index (χ4n) is 0.794. The highest BCUT2D eigenvalue weighted by atomic mass is 32.2. The van der Waals surface area contributed by atoms with Crippen LogP contribution in [0.4, 0.5) is 5.82 Å². The van der Waals surface area contributed by atoms with Crippen LogP contribution in [-0.2, 0) is 0 Å². The van der Waals surface area contributed by atoms with Crippen LogP contribution in [0.3, 0.4) is 0 Å². The lowest BCUT2D eigenvalue weighted by Crippen LogP contribution is -1.97. The summed E-state index contributed by atoms with van der Waals surface area (Å²) in [4.78, 5) is 13.8. The third-order valence-electron chi connectivity index (χ3n) is 1.28. The Balaban J connectivity index is 3.03. The molecule has 0 aliphatic heterocycles. The average molecular weight is 186 g/mol. The van der Waals surface area contributed by atoms with Crippen molar-refractivity contribution in [3.8, 4) is 0 Å². The second kappa shape index (κ2) is 3.57. The maximum atomic E-state index is 10.4. The van der Waals surface area contributed by atoms with Crippen molar-refractivity contribution < 1.29 is 4.92 Å². The van der Waals surface area contributed by atoms with Gasteiger partial charge in [0.25, 0.3) is 0 Å². The van der Waals surface area contributed by atoms with Gasteiger partial charge in [0.2, 0.25) is 5.82 Å². The Morgan fingerprint density at radius 2 is 2.58 bits per heavy atom. The number of imidazole rings is 1. The van der Waals surface area contributed by atoms with E-state index in [1.54, 1.807) is 6.92 Å². The second-order valence-electron chi connectivity index (χ2n) is 2.05. The van der Waals surface area contributed by atoms with Gasteiger partial charge in [-0.15, -0.1) is 3.97 Å². The molecule has 0 unspecified atom stereocenters. The summed E-state index contributed by atoms with van der Waals surface area (Å²) in [7, 11) is 0. The van der Waals surface area contributed by atoms with E-state index < -0.39 is 4.92 Å². The minimum Gasteiger partial charge on any atom is -0.358 e. The van der Waals surface area contributed by atoms with E-state index in [1.807, 2.05) is 0 Å². The van der Waals surface area contributed by atoms with Crippen molar-refractivity contribution >= 4 is 17.8 Å². The first kappa shape index (κ1) is 9.05. The van der Waals surface area contributed by atoms with Crippen LogP contribution in [0.15, 0.2) is 6.20 Å². The standard InChI is InChI=1S/C6H8N3O2S/c1-3-12-8-5(2)7-4-6(8)9(10)11/h4H,1,3H2,2H3. The Hall–Kier alpha value is -1.04. The van der Waals surface area contributed by atoms with Gasteiger partial charge in [-0.25, -0.2) is 4.98 Å². The van der Waals surface area contributed by atoms with Gasteiger partial charge in [0.1, 0.15) is 6.20 Å². The number of aryl methyl sites for hydroxylation is 1. The molecule has 1 rings (SSSR count). The normalized spacial score (nSPS) is 10.2. The van der Waals surface area contributed by atoms with E-state index in [1.165, 1.54) is 22.1 Å². The molecule has 6 heteroatoms. The molecule has 0 aromatic carbocycles. The van der Waals surface area contributed by atoms with Crippen molar-refractivity contribution in [3.05, 3.63) is 29.1 Å². The van der Waals surface area contributed by atoms with Gasteiger partial charge < -0.3 is 10.1 Å². The van der Waals surface area contributed by atoms with Gasteiger partial charge in [0, 0.05) is 12.7 Å². The summed E-state index contributed by atoms with van der Waals surface area (Å²) in [6.45, 7) is 5.31. The van der Waals surface area contributed by atoms with Crippen molar-refractivity contribution in [3.63, 3.8) is 0 Å². The highest BCUT2D eigenvalue weighted by Gasteiger charge is 2.16. The summed E-state index contributed by atoms with van der Waals surface area (Å²) in [5, 5.41) is 10.4. The lowest BCUT2D eigenvalue weighted by atomic mass is 10.7. The minimum absolute atomic E-state index is 0.00106. The Bertz CT molecular complexity index is 297. The molecule has 0 saturated heterocycles. The van der Waals surface area contributed by atoms with Crippen LogP contribution in [0.5, 0.6) is 0 Å². The zero-order valence-electron chi connectivity index (χ0n) is 6.56. The fraction of sp³-hybridized carbons (Fsp3) is 0.333. The number of nitro groups is 1. The predicted octanol–water partition coefficient (Wildman–Crippen LogP) is 1.43. The molecule has 0 atom stereocenters. The molecule has 65 valence electrons. The Morgan fingerprint density at radius 3 is 3.08 bits per heavy atom. The SMILES string of the molecule is [CH2]CSn1c([N+](=O)[O-])cnc1C. The minimum atomic E-state index is -0.456. The van der Waals surface area contributed by atoms with E-state index in [4.69, 9.17) is 0 Å². The summed E-state index contributed by atoms with van der Waals surface area (Å²) >= 11 is 1.26. The van der Waals surface area contributed by atoms with E-state index in [9.17, 15) is 10.1 Å². The lowest BCUT2D eigenvalue weighted by Gasteiger charge is -1.96. The molecule has 0 bridgehead atoms. The van der Waals surface area contributed by atoms with Crippen LogP contribution in [-0.4, -0.2) is 19.6 Å². The van der Waals surface area contributed by atoms with Gasteiger partial charge >= 0.3 is 5.82 Å². The summed E-state index contributed by atoms with van der Waals surface area (Å²) in [6.07, 6.45) is 1.25. The van der Waals surface area contributed by atoms with Crippen LogP contribution < -0.4 is 0 Å². The monoisotopic (exact) mass is 186 g/mol. The van der Waals surface area contributed by atoms with Crippen molar-refractivity contribution in [2.24, 2.45) is 0 Å². The van der Waals surface area contributed by atoms with E-state index in [0.29, 0.717) is 11.6 Å². The molecule has 1 radical (unpaired) electrons. The van der Waals surface area contributed by atoms with Gasteiger partial charge in [-0.1, -0.05) is 0 Å².